The smallest absolute Gasteiger partial charge is 0.297 e. The van der Waals surface area contributed by atoms with Crippen molar-refractivity contribution in [2.24, 2.45) is 17.8 Å². The molecule has 1 heterocycles. The van der Waals surface area contributed by atoms with Gasteiger partial charge in [0.2, 0.25) is 10.0 Å². The number of rotatable bonds is 7. The molecule has 0 aromatic heterocycles. The summed E-state index contributed by atoms with van der Waals surface area (Å²) in [6.45, 7) is 0. The molecule has 5 nitrogen and oxygen atoms in total. The van der Waals surface area contributed by atoms with Crippen molar-refractivity contribution >= 4 is 25.2 Å². The molecule has 0 radical (unpaired) electrons. The fourth-order valence-electron chi connectivity index (χ4n) is 5.16. The summed E-state index contributed by atoms with van der Waals surface area (Å²) in [7, 11) is -10.8. The monoisotopic (exact) mass is 494 g/mol. The maximum atomic E-state index is 14.0. The standard InChI is InChI=1S/C14H15F9N2O3S2/c15-11(16,13(19,20)21)12(17,18)14(22,23)29(26)6-25(29)30(27,28)5-24-10-3-7-1-9(10)2-8(7)4-10/h6-9,24H,1-5H2. The third-order valence-corrected chi connectivity index (χ3v) is 11.2. The topological polar surface area (TPSA) is 66.2 Å². The molecular formula is C14H15F9N2O3S2. The van der Waals surface area contributed by atoms with E-state index < -0.39 is 63.6 Å². The summed E-state index contributed by atoms with van der Waals surface area (Å²) in [6, 6.07) is 0. The van der Waals surface area contributed by atoms with Gasteiger partial charge in [0.05, 0.1) is 5.49 Å². The first-order chi connectivity index (χ1) is 13.3. The summed E-state index contributed by atoms with van der Waals surface area (Å²) in [5, 5.41) is -3.82. The first-order valence-electron chi connectivity index (χ1n) is 8.68. The summed E-state index contributed by atoms with van der Waals surface area (Å²) in [5.41, 5.74) is -1.02. The minimum Gasteiger partial charge on any atom is -0.297 e. The predicted molar refractivity (Wildman–Crippen MR) is 85.5 cm³/mol. The highest BCUT2D eigenvalue weighted by molar-refractivity contribution is 8.17. The lowest BCUT2D eigenvalue weighted by Gasteiger charge is -2.33. The van der Waals surface area contributed by atoms with Crippen molar-refractivity contribution in [3.8, 4) is 0 Å². The van der Waals surface area contributed by atoms with E-state index in [9.17, 15) is 52.1 Å². The lowest BCUT2D eigenvalue weighted by molar-refractivity contribution is -0.381. The summed E-state index contributed by atoms with van der Waals surface area (Å²) in [6.07, 6.45) is -4.13. The molecule has 5 aliphatic rings. The second kappa shape index (κ2) is 5.78. The van der Waals surface area contributed by atoms with E-state index in [0.717, 1.165) is 12.8 Å². The SMILES string of the molecule is O=S(=O)(CNC12CC3CC1CC3C2)N1C=S1(=O)C(F)(F)C(F)(F)C(F)(F)C(F)(F)F. The minimum atomic E-state index is -7.25. The Morgan fingerprint density at radius 2 is 1.47 bits per heavy atom. The van der Waals surface area contributed by atoms with Crippen LogP contribution in [0.2, 0.25) is 0 Å². The molecule has 0 saturated heterocycles. The van der Waals surface area contributed by atoms with Crippen molar-refractivity contribution in [1.82, 2.24) is 9.03 Å². The molecule has 0 spiro atoms. The molecule has 4 atom stereocenters. The zero-order chi connectivity index (χ0) is 22.8. The Balaban J connectivity index is 1.52. The van der Waals surface area contributed by atoms with E-state index in [1.807, 2.05) is 0 Å². The van der Waals surface area contributed by atoms with E-state index in [1.54, 1.807) is 0 Å². The predicted octanol–water partition coefficient (Wildman–Crippen LogP) is 2.75. The van der Waals surface area contributed by atoms with E-state index in [1.165, 1.54) is 0 Å². The van der Waals surface area contributed by atoms with Gasteiger partial charge < -0.3 is 0 Å². The Morgan fingerprint density at radius 3 is 1.87 bits per heavy atom. The average molecular weight is 494 g/mol. The molecule has 4 saturated carbocycles. The molecule has 0 aromatic rings. The lowest BCUT2D eigenvalue weighted by Crippen LogP contribution is -2.62. The van der Waals surface area contributed by atoms with E-state index in [0.29, 0.717) is 24.7 Å². The molecule has 1 aliphatic heterocycles. The van der Waals surface area contributed by atoms with Gasteiger partial charge in [-0.05, 0) is 43.4 Å². The quantitative estimate of drug-likeness (QED) is 0.437. The number of nitrogens with one attached hydrogen (secondary N) is 1. The van der Waals surface area contributed by atoms with Gasteiger partial charge in [-0.25, -0.2) is 12.6 Å². The molecule has 4 aliphatic carbocycles. The van der Waals surface area contributed by atoms with E-state index in [-0.39, 0.29) is 5.92 Å². The van der Waals surface area contributed by atoms with E-state index >= 15 is 0 Å². The van der Waals surface area contributed by atoms with Gasteiger partial charge in [0.1, 0.15) is 15.6 Å². The van der Waals surface area contributed by atoms with Gasteiger partial charge in [-0.15, -0.1) is 0 Å². The van der Waals surface area contributed by atoms with Crippen LogP contribution >= 0.6 is 0 Å². The van der Waals surface area contributed by atoms with Crippen molar-refractivity contribution in [1.29, 1.82) is 0 Å². The van der Waals surface area contributed by atoms with Crippen LogP contribution < -0.4 is 5.32 Å². The van der Waals surface area contributed by atoms with Crippen LogP contribution in [0.1, 0.15) is 25.7 Å². The number of hydrogen-bond acceptors (Lipinski definition) is 4. The largest absolute Gasteiger partial charge is 0.460 e. The number of hydrogen-bond donors (Lipinski definition) is 1. The zero-order valence-corrected chi connectivity index (χ0v) is 16.4. The number of halogens is 9. The molecule has 30 heavy (non-hydrogen) atoms. The zero-order valence-electron chi connectivity index (χ0n) is 14.7. The van der Waals surface area contributed by atoms with Crippen LogP contribution in [0.4, 0.5) is 39.5 Å². The summed E-state index contributed by atoms with van der Waals surface area (Å²) >= 11 is 0. The number of nitrogens with zero attached hydrogens (tertiary/aromatic N) is 1. The maximum Gasteiger partial charge on any atom is 0.460 e. The Hall–Kier alpha value is -0.740. The molecule has 5 rings (SSSR count). The van der Waals surface area contributed by atoms with Crippen molar-refractivity contribution in [2.45, 2.75) is 54.5 Å². The third-order valence-electron chi connectivity index (χ3n) is 6.69. The second-order valence-corrected chi connectivity index (χ2v) is 12.6. The lowest BCUT2D eigenvalue weighted by atomic mass is 9.91. The van der Waals surface area contributed by atoms with Gasteiger partial charge in [0.15, 0.2) is 0 Å². The van der Waals surface area contributed by atoms with Crippen LogP contribution in [0.5, 0.6) is 0 Å². The molecule has 0 aromatic carbocycles. The van der Waals surface area contributed by atoms with Crippen molar-refractivity contribution < 1.29 is 52.1 Å². The van der Waals surface area contributed by atoms with Gasteiger partial charge in [-0.3, -0.25) is 5.32 Å². The molecular weight excluding hydrogens is 479 g/mol. The van der Waals surface area contributed by atoms with Crippen molar-refractivity contribution in [3.05, 3.63) is 0 Å². The second-order valence-electron chi connectivity index (χ2n) is 8.28. The Morgan fingerprint density at radius 1 is 0.967 bits per heavy atom. The van der Waals surface area contributed by atoms with Crippen LogP contribution in [0.15, 0.2) is 0 Å². The van der Waals surface area contributed by atoms with E-state index in [2.05, 4.69) is 5.32 Å². The van der Waals surface area contributed by atoms with Crippen molar-refractivity contribution in [2.75, 3.05) is 5.88 Å². The van der Waals surface area contributed by atoms with Gasteiger partial charge >= 0.3 is 23.3 Å². The first kappa shape index (κ1) is 22.5. The van der Waals surface area contributed by atoms with Crippen LogP contribution in [0.25, 0.3) is 0 Å². The van der Waals surface area contributed by atoms with Crippen LogP contribution in [0.3, 0.4) is 0 Å². The minimum absolute atomic E-state index is 0.140. The highest BCUT2D eigenvalue weighted by atomic mass is 32.3. The fourth-order valence-corrected chi connectivity index (χ4v) is 9.70. The number of sulfonamides is 1. The summed E-state index contributed by atoms with van der Waals surface area (Å²) in [5.74, 6) is -14.6. The Bertz CT molecular complexity index is 987. The normalized spacial score (nSPS) is 40.8. The van der Waals surface area contributed by atoms with E-state index in [4.69, 9.17) is 0 Å². The van der Waals surface area contributed by atoms with Gasteiger partial charge in [-0.2, -0.15) is 39.5 Å². The van der Waals surface area contributed by atoms with Crippen LogP contribution in [0, 0.1) is 17.8 Å². The van der Waals surface area contributed by atoms with Gasteiger partial charge in [0.25, 0.3) is 0 Å². The molecule has 4 fully saturated rings. The molecule has 0 amide bonds. The van der Waals surface area contributed by atoms with Gasteiger partial charge in [0, 0.05) is 5.54 Å². The Labute approximate surface area is 165 Å². The molecule has 4 unspecified atom stereocenters. The average Bonchev–Trinajstić information content (AvgIpc) is 2.93. The third kappa shape index (κ3) is 2.59. The van der Waals surface area contributed by atoms with Crippen LogP contribution in [-0.4, -0.2) is 56.5 Å². The van der Waals surface area contributed by atoms with Crippen LogP contribution in [-0.2, 0) is 19.7 Å². The first-order valence-corrected chi connectivity index (χ1v) is 11.9. The Kier molecular flexibility index (Phi) is 4.33. The van der Waals surface area contributed by atoms with Gasteiger partial charge in [-0.1, -0.05) is 3.71 Å². The summed E-state index contributed by atoms with van der Waals surface area (Å²) in [4.78, 5) is 0. The highest BCUT2D eigenvalue weighted by Crippen LogP contribution is 2.65. The number of alkyl halides is 9. The molecule has 174 valence electrons. The highest BCUT2D eigenvalue weighted by Gasteiger charge is 2.86. The maximum absolute atomic E-state index is 14.0. The fraction of sp³-hybridized carbons (Fsp3) is 0.929. The van der Waals surface area contributed by atoms with Crippen molar-refractivity contribution in [3.63, 3.8) is 0 Å². The summed E-state index contributed by atoms with van der Waals surface area (Å²) < 4.78 is 153. The molecule has 16 heteroatoms. The molecule has 4 bridgehead atoms. The molecule has 1 N–H and O–H groups in total.